The molecule has 0 spiro atoms. The Labute approximate surface area is 361 Å². The Hall–Kier alpha value is -6.80. The molecular formula is C48H52N4O10. The minimum Gasteiger partial charge on any atom is -0.466 e. The minimum atomic E-state index is -0.257. The van der Waals surface area contributed by atoms with E-state index < -0.39 is 0 Å². The van der Waals surface area contributed by atoms with Crippen molar-refractivity contribution in [1.82, 2.24) is 20.4 Å². The summed E-state index contributed by atoms with van der Waals surface area (Å²) in [6.07, 6.45) is 3.84. The van der Waals surface area contributed by atoms with Crippen LogP contribution in [0.1, 0.15) is 68.7 Å². The molecule has 0 unspecified atom stereocenters. The van der Waals surface area contributed by atoms with Crippen molar-refractivity contribution in [3.8, 4) is 45.8 Å². The molecule has 14 heteroatoms. The van der Waals surface area contributed by atoms with Crippen molar-refractivity contribution in [3.63, 3.8) is 0 Å². The van der Waals surface area contributed by atoms with Gasteiger partial charge in [-0.3, -0.25) is 14.4 Å². The maximum Gasteiger partial charge on any atom is 0.306 e. The zero-order valence-corrected chi connectivity index (χ0v) is 35.6. The Kier molecular flexibility index (Phi) is 18.3. The lowest BCUT2D eigenvalue weighted by molar-refractivity contribution is -0.145. The molecule has 0 fully saturated rings. The van der Waals surface area contributed by atoms with E-state index in [-0.39, 0.29) is 36.7 Å². The fourth-order valence-electron chi connectivity index (χ4n) is 6.19. The van der Waals surface area contributed by atoms with Gasteiger partial charge in [0.1, 0.15) is 12.4 Å². The van der Waals surface area contributed by atoms with Crippen LogP contribution in [0.15, 0.2) is 106 Å². The summed E-state index contributed by atoms with van der Waals surface area (Å²) in [5.41, 5.74) is 7.19. The summed E-state index contributed by atoms with van der Waals surface area (Å²) in [4.78, 5) is 46.2. The van der Waals surface area contributed by atoms with E-state index >= 15 is 0 Å². The number of benzene rings is 4. The van der Waals surface area contributed by atoms with Gasteiger partial charge in [0, 0.05) is 55.0 Å². The predicted molar refractivity (Wildman–Crippen MR) is 230 cm³/mol. The molecule has 324 valence electrons. The van der Waals surface area contributed by atoms with Gasteiger partial charge in [-0.1, -0.05) is 48.5 Å². The molecule has 62 heavy (non-hydrogen) atoms. The number of carbonyl (C=O) groups is 4. The van der Waals surface area contributed by atoms with E-state index in [0.29, 0.717) is 88.3 Å². The van der Waals surface area contributed by atoms with E-state index in [1.165, 1.54) is 0 Å². The summed E-state index contributed by atoms with van der Waals surface area (Å²) in [7, 11) is 1.56. The van der Waals surface area contributed by atoms with Gasteiger partial charge < -0.3 is 32.6 Å². The molecule has 4 aromatic carbocycles. The molecule has 14 nitrogen and oxygen atoms in total. The molecule has 6 rings (SSSR count). The highest BCUT2D eigenvalue weighted by atomic mass is 16.6. The molecular weight excluding hydrogens is 793 g/mol. The Bertz CT molecular complexity index is 2310. The van der Waals surface area contributed by atoms with E-state index in [2.05, 4.69) is 20.4 Å². The van der Waals surface area contributed by atoms with E-state index in [1.807, 2.05) is 97.1 Å². The lowest BCUT2D eigenvalue weighted by Gasteiger charge is -2.05. The van der Waals surface area contributed by atoms with Gasteiger partial charge in [0.2, 0.25) is 23.6 Å². The summed E-state index contributed by atoms with van der Waals surface area (Å²) < 4.78 is 31.7. The third-order valence-corrected chi connectivity index (χ3v) is 9.33. The number of methoxy groups -OCH3 is 1. The molecule has 6 aromatic rings. The number of aryl methyl sites for hydroxylation is 4. The van der Waals surface area contributed by atoms with Gasteiger partial charge in [-0.15, -0.1) is 20.4 Å². The van der Waals surface area contributed by atoms with Crippen molar-refractivity contribution >= 4 is 23.7 Å². The second kappa shape index (κ2) is 24.5. The zero-order valence-electron chi connectivity index (χ0n) is 35.6. The van der Waals surface area contributed by atoms with Crippen molar-refractivity contribution in [1.29, 1.82) is 0 Å². The molecule has 0 aliphatic heterocycles. The SMILES string of the molecule is CCOC(=O)CCc1cccc(-c2nnc(-c3cccc(CCC(=O)OCC)c3)o2)c1.COCCOC(=O)CCc1cccc(-c2nnc(-c3cccc(CCC(C)=O)c3)o2)c1. The van der Waals surface area contributed by atoms with Crippen molar-refractivity contribution in [2.45, 2.75) is 72.1 Å². The molecule has 0 saturated heterocycles. The Morgan fingerprint density at radius 3 is 1.10 bits per heavy atom. The Morgan fingerprint density at radius 1 is 0.468 bits per heavy atom. The third kappa shape index (κ3) is 15.0. The first kappa shape index (κ1) is 46.3. The molecule has 0 radical (unpaired) electrons. The number of hydrogen-bond acceptors (Lipinski definition) is 14. The Balaban J connectivity index is 0.000000234. The summed E-state index contributed by atoms with van der Waals surface area (Å²) in [6.45, 7) is 6.59. The molecule has 0 atom stereocenters. The number of ether oxygens (including phenoxy) is 4. The number of carbonyl (C=O) groups excluding carboxylic acids is 4. The fourth-order valence-corrected chi connectivity index (χ4v) is 6.19. The number of rotatable bonds is 21. The lowest BCUT2D eigenvalue weighted by atomic mass is 10.1. The molecule has 0 amide bonds. The number of ketones is 1. The smallest absolute Gasteiger partial charge is 0.306 e. The van der Waals surface area contributed by atoms with Crippen molar-refractivity contribution < 1.29 is 47.0 Å². The average Bonchev–Trinajstić information content (AvgIpc) is 3.99. The number of Topliss-reactive ketones (excluding diaryl/α,β-unsaturated/α-hetero) is 1. The first-order valence-corrected chi connectivity index (χ1v) is 20.6. The van der Waals surface area contributed by atoms with Crippen LogP contribution in [0.5, 0.6) is 0 Å². The van der Waals surface area contributed by atoms with Gasteiger partial charge in [-0.05, 0) is 117 Å². The van der Waals surface area contributed by atoms with Crippen LogP contribution < -0.4 is 0 Å². The van der Waals surface area contributed by atoms with Crippen molar-refractivity contribution in [3.05, 3.63) is 119 Å². The van der Waals surface area contributed by atoms with Crippen LogP contribution in [-0.2, 0) is 63.8 Å². The molecule has 0 bridgehead atoms. The summed E-state index contributed by atoms with van der Waals surface area (Å²) in [5, 5.41) is 16.7. The molecule has 0 aliphatic rings. The van der Waals surface area contributed by atoms with Crippen molar-refractivity contribution in [2.24, 2.45) is 0 Å². The monoisotopic (exact) mass is 844 g/mol. The fraction of sp³-hybridized carbons (Fsp3) is 0.333. The molecule has 2 heterocycles. The number of esters is 3. The zero-order chi connectivity index (χ0) is 44.1. The lowest BCUT2D eigenvalue weighted by Crippen LogP contribution is -2.10. The highest BCUT2D eigenvalue weighted by molar-refractivity contribution is 5.76. The summed E-state index contributed by atoms with van der Waals surface area (Å²) in [6, 6.07) is 30.8. The van der Waals surface area contributed by atoms with Gasteiger partial charge in [0.15, 0.2) is 0 Å². The first-order chi connectivity index (χ1) is 30.1. The summed E-state index contributed by atoms with van der Waals surface area (Å²) in [5.74, 6) is 1.13. The topological polar surface area (TPSA) is 183 Å². The van der Waals surface area contributed by atoms with Crippen LogP contribution >= 0.6 is 0 Å². The van der Waals surface area contributed by atoms with Crippen LogP contribution in [0.25, 0.3) is 45.8 Å². The van der Waals surface area contributed by atoms with Crippen LogP contribution in [-0.4, -0.2) is 77.6 Å². The predicted octanol–water partition coefficient (Wildman–Crippen LogP) is 8.44. The second-order valence-electron chi connectivity index (χ2n) is 14.2. The van der Waals surface area contributed by atoms with Gasteiger partial charge in [0.05, 0.1) is 19.8 Å². The number of hydrogen-bond donors (Lipinski definition) is 0. The van der Waals surface area contributed by atoms with E-state index in [9.17, 15) is 19.2 Å². The third-order valence-electron chi connectivity index (χ3n) is 9.33. The molecule has 0 N–H and O–H groups in total. The maximum atomic E-state index is 11.8. The normalized spacial score (nSPS) is 10.7. The van der Waals surface area contributed by atoms with E-state index in [1.54, 1.807) is 27.9 Å². The van der Waals surface area contributed by atoms with Crippen LogP contribution in [0, 0.1) is 0 Å². The quantitative estimate of drug-likeness (QED) is 0.0382. The van der Waals surface area contributed by atoms with Gasteiger partial charge in [-0.2, -0.15) is 0 Å². The van der Waals surface area contributed by atoms with Crippen LogP contribution in [0.3, 0.4) is 0 Å². The van der Waals surface area contributed by atoms with Gasteiger partial charge >= 0.3 is 17.9 Å². The van der Waals surface area contributed by atoms with Crippen LogP contribution in [0.2, 0.25) is 0 Å². The molecule has 2 aromatic heterocycles. The van der Waals surface area contributed by atoms with Crippen molar-refractivity contribution in [2.75, 3.05) is 33.5 Å². The standard InChI is InChI=1S/2C24H26N2O5/c1-17(27)9-10-18-5-3-7-20(15-18)23-25-26-24(31-23)21-8-4-6-19(16-21)11-12-22(28)30-14-13-29-2;1-3-29-21(27)13-11-17-7-5-9-19(15-17)23-25-26-24(31-23)20-10-6-8-18(16-20)12-14-22(28)30-4-2/h3-8,15-16H,9-14H2,1-2H3;5-10,15-16H,3-4,11-14H2,1-2H3. The number of nitrogens with zero attached hydrogens (tertiary/aromatic N) is 4. The highest BCUT2D eigenvalue weighted by Gasteiger charge is 2.15. The first-order valence-electron chi connectivity index (χ1n) is 20.6. The van der Waals surface area contributed by atoms with Gasteiger partial charge in [-0.25, -0.2) is 0 Å². The molecule has 0 aliphatic carbocycles. The van der Waals surface area contributed by atoms with E-state index in [4.69, 9.17) is 27.8 Å². The number of aromatic nitrogens is 4. The molecule has 0 saturated carbocycles. The average molecular weight is 845 g/mol. The maximum absolute atomic E-state index is 11.8. The van der Waals surface area contributed by atoms with Gasteiger partial charge in [0.25, 0.3) is 0 Å². The summed E-state index contributed by atoms with van der Waals surface area (Å²) >= 11 is 0. The van der Waals surface area contributed by atoms with E-state index in [0.717, 1.165) is 44.5 Å². The van der Waals surface area contributed by atoms with Crippen LogP contribution in [0.4, 0.5) is 0 Å². The Morgan fingerprint density at radius 2 is 0.790 bits per heavy atom. The second-order valence-corrected chi connectivity index (χ2v) is 14.2. The largest absolute Gasteiger partial charge is 0.466 e. The minimum absolute atomic E-state index is 0.161. The highest BCUT2D eigenvalue weighted by Crippen LogP contribution is 2.27.